The van der Waals surface area contributed by atoms with Crippen molar-refractivity contribution in [1.29, 1.82) is 0 Å². The number of carbonyl (C=O) groups excluding carboxylic acids is 1. The fraction of sp³-hybridized carbons (Fsp3) is 0.467. The summed E-state index contributed by atoms with van der Waals surface area (Å²) in [5.74, 6) is -0.299. The topological polar surface area (TPSA) is 172 Å². The number of piperazine rings is 1. The van der Waals surface area contributed by atoms with Crippen molar-refractivity contribution in [2.75, 3.05) is 62.7 Å². The number of pyridine rings is 1. The summed E-state index contributed by atoms with van der Waals surface area (Å²) >= 11 is 0. The lowest BCUT2D eigenvalue weighted by atomic mass is 9.59. The van der Waals surface area contributed by atoms with Crippen molar-refractivity contribution < 1.29 is 36.4 Å². The molecule has 17 heteroatoms. The first-order valence-corrected chi connectivity index (χ1v) is 22.9. The summed E-state index contributed by atoms with van der Waals surface area (Å²) in [5.41, 5.74) is 4.77. The van der Waals surface area contributed by atoms with Gasteiger partial charge in [0, 0.05) is 88.3 Å². The third-order valence-electron chi connectivity index (χ3n) is 13.0. The van der Waals surface area contributed by atoms with E-state index in [-0.39, 0.29) is 29.3 Å². The van der Waals surface area contributed by atoms with Crippen LogP contribution in [0.5, 0.6) is 11.5 Å². The fourth-order valence-corrected chi connectivity index (χ4v) is 10.2. The predicted molar refractivity (Wildman–Crippen MR) is 233 cm³/mol. The molecule has 2 aliphatic carbocycles. The number of benzene rings is 2. The largest absolute Gasteiger partial charge is 0.455 e. The highest BCUT2D eigenvalue weighted by Gasteiger charge is 2.41. The average molecular weight is 874 g/mol. The second-order valence-electron chi connectivity index (χ2n) is 17.1. The van der Waals surface area contributed by atoms with E-state index in [2.05, 4.69) is 36.4 Å². The molecule has 0 unspecified atom stereocenters. The minimum Gasteiger partial charge on any atom is -0.455 e. The number of nitrogens with one attached hydrogen (secondary N) is 3. The lowest BCUT2D eigenvalue weighted by Gasteiger charge is -2.47. The van der Waals surface area contributed by atoms with Crippen LogP contribution in [0, 0.1) is 21.4 Å². The lowest BCUT2D eigenvalue weighted by molar-refractivity contribution is -0.384. The van der Waals surface area contributed by atoms with Crippen molar-refractivity contribution in [3.05, 3.63) is 99.9 Å². The molecule has 1 saturated carbocycles. The van der Waals surface area contributed by atoms with Gasteiger partial charge in [-0.2, -0.15) is 0 Å². The highest BCUT2D eigenvalue weighted by Crippen LogP contribution is 2.54. The Balaban J connectivity index is 0.988. The van der Waals surface area contributed by atoms with Gasteiger partial charge in [-0.3, -0.25) is 19.8 Å². The average Bonchev–Trinajstić information content (AvgIpc) is 3.73. The highest BCUT2D eigenvalue weighted by molar-refractivity contribution is 7.90. The Morgan fingerprint density at radius 2 is 1.87 bits per heavy atom. The van der Waals surface area contributed by atoms with Gasteiger partial charge in [0.2, 0.25) is 6.43 Å². The zero-order valence-corrected chi connectivity index (χ0v) is 35.5. The number of sulfonamides is 1. The van der Waals surface area contributed by atoms with Crippen LogP contribution in [0.4, 0.5) is 25.8 Å². The number of rotatable bonds is 16. The van der Waals surface area contributed by atoms with Crippen LogP contribution < -0.4 is 19.7 Å². The van der Waals surface area contributed by atoms with E-state index in [4.69, 9.17) is 9.47 Å². The molecule has 3 N–H and O–H groups in total. The highest BCUT2D eigenvalue weighted by atomic mass is 32.2. The molecule has 14 nitrogen and oxygen atoms in total. The van der Waals surface area contributed by atoms with Gasteiger partial charge in [0.15, 0.2) is 0 Å². The predicted octanol–water partition coefficient (Wildman–Crippen LogP) is 8.59. The fourth-order valence-electron chi connectivity index (χ4n) is 9.18. The number of nitro benzene ring substituents is 1. The molecule has 4 aliphatic rings. The molecule has 0 radical (unpaired) electrons. The smallest absolute Gasteiger partial charge is 0.293 e. The maximum Gasteiger partial charge on any atom is 0.293 e. The number of H-pyrrole nitrogens is 1. The number of hydrogen-bond acceptors (Lipinski definition) is 11. The number of allylic oxidation sites excluding steroid dienone is 2. The minimum absolute atomic E-state index is 0.0672. The summed E-state index contributed by atoms with van der Waals surface area (Å²) in [6.45, 7) is 9.55. The summed E-state index contributed by atoms with van der Waals surface area (Å²) in [5, 5.41) is 15.9. The number of carbonyl (C=O) groups is 1. The van der Waals surface area contributed by atoms with Crippen LogP contribution in [-0.4, -0.2) is 93.0 Å². The number of aromatic amines is 1. The van der Waals surface area contributed by atoms with Crippen LogP contribution in [0.1, 0.15) is 74.6 Å². The number of amides is 1. The van der Waals surface area contributed by atoms with Crippen LogP contribution in [0.25, 0.3) is 11.0 Å². The molecule has 4 heterocycles. The van der Waals surface area contributed by atoms with Gasteiger partial charge < -0.3 is 24.7 Å². The SMILES string of the molecule is C=C(CCC(F)F)C1=C(CN2CCN(c3ccc(C(=O)NS(=O)(=O)c4ccc(NCC5CCOCC5)c([N+](=O)[O-])c4)c(Oc4cnc5[nH]ccc5c4)c3)CC2)CCC2(CCC2)C1. The monoisotopic (exact) mass is 873 g/mol. The summed E-state index contributed by atoms with van der Waals surface area (Å²) in [7, 11) is -4.58. The van der Waals surface area contributed by atoms with Crippen LogP contribution >= 0.6 is 0 Å². The molecule has 3 fully saturated rings. The normalized spacial score (nSPS) is 18.5. The van der Waals surface area contributed by atoms with Gasteiger partial charge in [0.25, 0.3) is 21.6 Å². The Hall–Kier alpha value is -5.39. The quantitative estimate of drug-likeness (QED) is 0.0727. The number of nitro groups is 1. The molecule has 0 bridgehead atoms. The van der Waals surface area contributed by atoms with Crippen molar-refractivity contribution in [3.8, 4) is 11.5 Å². The molecular weight excluding hydrogens is 821 g/mol. The number of hydrogen-bond donors (Lipinski definition) is 3. The van der Waals surface area contributed by atoms with E-state index in [1.165, 1.54) is 54.8 Å². The molecule has 4 aromatic rings. The van der Waals surface area contributed by atoms with Crippen molar-refractivity contribution in [1.82, 2.24) is 19.6 Å². The van der Waals surface area contributed by atoms with E-state index in [1.807, 2.05) is 6.07 Å². The third-order valence-corrected chi connectivity index (χ3v) is 14.4. The number of fused-ring (bicyclic) bond motifs is 1. The van der Waals surface area contributed by atoms with Gasteiger partial charge in [-0.05, 0) is 105 Å². The first kappa shape index (κ1) is 43.3. The van der Waals surface area contributed by atoms with Crippen molar-refractivity contribution in [2.45, 2.75) is 75.5 Å². The zero-order valence-electron chi connectivity index (χ0n) is 34.7. The summed E-state index contributed by atoms with van der Waals surface area (Å²) in [6.07, 6.45) is 9.29. The molecule has 2 aliphatic heterocycles. The van der Waals surface area contributed by atoms with Gasteiger partial charge in [-0.1, -0.05) is 24.1 Å². The van der Waals surface area contributed by atoms with Crippen LogP contribution in [0.15, 0.2) is 89.1 Å². The molecule has 2 aromatic heterocycles. The first-order valence-electron chi connectivity index (χ1n) is 21.4. The molecule has 2 saturated heterocycles. The Morgan fingerprint density at radius 3 is 2.60 bits per heavy atom. The summed E-state index contributed by atoms with van der Waals surface area (Å²) < 4.78 is 67.4. The van der Waals surface area contributed by atoms with Crippen LogP contribution in [0.2, 0.25) is 0 Å². The van der Waals surface area contributed by atoms with E-state index in [0.717, 1.165) is 74.5 Å². The molecule has 62 heavy (non-hydrogen) atoms. The number of ether oxygens (including phenoxy) is 2. The standard InChI is InChI=1S/C45H53F2N7O7S/c1-30(3-8-42(46)47)38-26-45(13-2-14-45)15-9-33(38)29-52-17-19-53(20-18-52)34-4-6-37(41(24-34)61-35-23-32-10-16-48-43(32)50-28-35)44(55)51-62(58,59)36-5-7-39(40(25-36)54(56)57)49-27-31-11-21-60-22-12-31/h4-7,10,16,23-25,28,31,42,49H,1-3,8-9,11-15,17-22,26-27,29H2,(H,48,50)(H,51,55). The van der Waals surface area contributed by atoms with E-state index >= 15 is 0 Å². The van der Waals surface area contributed by atoms with Gasteiger partial charge in [-0.25, -0.2) is 26.9 Å². The third kappa shape index (κ3) is 9.95. The Labute approximate surface area is 359 Å². The second kappa shape index (κ2) is 18.5. The minimum atomic E-state index is -4.58. The van der Waals surface area contributed by atoms with Crippen molar-refractivity contribution in [2.24, 2.45) is 11.3 Å². The molecule has 330 valence electrons. The molecule has 8 rings (SSSR count). The molecule has 0 atom stereocenters. The summed E-state index contributed by atoms with van der Waals surface area (Å²) in [4.78, 5) is 36.9. The van der Waals surface area contributed by atoms with E-state index in [9.17, 15) is 32.1 Å². The lowest BCUT2D eigenvalue weighted by Crippen LogP contribution is -2.47. The second-order valence-corrected chi connectivity index (χ2v) is 18.8. The van der Waals surface area contributed by atoms with Crippen LogP contribution in [0.3, 0.4) is 0 Å². The van der Waals surface area contributed by atoms with Gasteiger partial charge >= 0.3 is 0 Å². The van der Waals surface area contributed by atoms with E-state index in [1.54, 1.807) is 24.4 Å². The van der Waals surface area contributed by atoms with E-state index in [0.29, 0.717) is 56.1 Å². The summed E-state index contributed by atoms with van der Waals surface area (Å²) in [6, 6.07) is 12.1. The van der Waals surface area contributed by atoms with Crippen molar-refractivity contribution in [3.63, 3.8) is 0 Å². The van der Waals surface area contributed by atoms with Gasteiger partial charge in [0.05, 0.1) is 21.6 Å². The Bertz CT molecular complexity index is 2460. The first-order chi connectivity index (χ1) is 29.8. The Morgan fingerprint density at radius 1 is 1.08 bits per heavy atom. The van der Waals surface area contributed by atoms with Gasteiger partial charge in [0.1, 0.15) is 22.8 Å². The zero-order chi connectivity index (χ0) is 43.4. The van der Waals surface area contributed by atoms with E-state index < -0.39 is 37.9 Å². The molecule has 1 spiro atoms. The van der Waals surface area contributed by atoms with Crippen molar-refractivity contribution >= 4 is 44.0 Å². The number of halogens is 2. The molecule has 2 aromatic carbocycles. The number of anilines is 2. The van der Waals surface area contributed by atoms with Crippen LogP contribution in [-0.2, 0) is 14.8 Å². The Kier molecular flexibility index (Phi) is 12.9. The maximum atomic E-state index is 13.9. The van der Waals surface area contributed by atoms with Gasteiger partial charge in [-0.15, -0.1) is 0 Å². The number of alkyl halides is 2. The molecule has 1 amide bonds. The number of aromatic nitrogens is 2. The molecular formula is C45H53F2N7O7S. The maximum absolute atomic E-state index is 13.9. The number of nitrogens with zero attached hydrogens (tertiary/aromatic N) is 4.